The fraction of sp³-hybridized carbons (Fsp3) is 0.533. The summed E-state index contributed by atoms with van der Waals surface area (Å²) >= 11 is 0. The number of hydrogen-bond donors (Lipinski definition) is 1. The molecule has 0 heterocycles. The van der Waals surface area contributed by atoms with Crippen LogP contribution < -0.4 is 10.1 Å². The van der Waals surface area contributed by atoms with Crippen LogP contribution in [0.25, 0.3) is 0 Å². The van der Waals surface area contributed by atoms with Crippen LogP contribution in [0.2, 0.25) is 0 Å². The van der Waals surface area contributed by atoms with Crippen LogP contribution in [-0.4, -0.2) is 17.6 Å². The molecular weight excluding hydrogens is 226 g/mol. The molecule has 1 atom stereocenters. The summed E-state index contributed by atoms with van der Waals surface area (Å²) in [6.07, 6.45) is 0.211. The molecule has 0 bridgehead atoms. The van der Waals surface area contributed by atoms with Crippen LogP contribution in [-0.2, 0) is 4.79 Å². The molecule has 0 saturated heterocycles. The lowest BCUT2D eigenvalue weighted by Gasteiger charge is -2.24. The van der Waals surface area contributed by atoms with Gasteiger partial charge in [-0.25, -0.2) is 0 Å². The van der Waals surface area contributed by atoms with Crippen molar-refractivity contribution in [3.8, 4) is 5.75 Å². The molecule has 0 aliphatic carbocycles. The molecule has 0 aliphatic rings. The fourth-order valence-corrected chi connectivity index (χ4v) is 1.55. The van der Waals surface area contributed by atoms with Crippen molar-refractivity contribution in [2.75, 3.05) is 0 Å². The highest BCUT2D eigenvalue weighted by Gasteiger charge is 2.22. The Morgan fingerprint density at radius 3 is 2.28 bits per heavy atom. The van der Waals surface area contributed by atoms with Gasteiger partial charge in [0.25, 0.3) is 5.91 Å². The lowest BCUT2D eigenvalue weighted by Crippen LogP contribution is -2.47. The van der Waals surface area contributed by atoms with Gasteiger partial charge >= 0.3 is 0 Å². The van der Waals surface area contributed by atoms with Crippen LogP contribution in [0, 0.1) is 6.92 Å². The van der Waals surface area contributed by atoms with Gasteiger partial charge in [-0.15, -0.1) is 0 Å². The number of amides is 1. The zero-order chi connectivity index (χ0) is 13.8. The average Bonchev–Trinajstić information content (AvgIpc) is 2.25. The first-order chi connectivity index (χ1) is 8.31. The molecule has 1 amide bonds. The molecule has 0 aromatic heterocycles. The SMILES string of the molecule is CC[C@@H](Oc1ccc(C)cc1)C(=O)NC(C)(C)C. The minimum Gasteiger partial charge on any atom is -0.481 e. The molecule has 0 radical (unpaired) electrons. The third-order valence-electron chi connectivity index (χ3n) is 2.46. The fourth-order valence-electron chi connectivity index (χ4n) is 1.55. The zero-order valence-electron chi connectivity index (χ0n) is 11.9. The van der Waals surface area contributed by atoms with Crippen LogP contribution >= 0.6 is 0 Å². The summed E-state index contributed by atoms with van der Waals surface area (Å²) in [6, 6.07) is 7.73. The third-order valence-corrected chi connectivity index (χ3v) is 2.46. The van der Waals surface area contributed by atoms with Gasteiger partial charge in [0, 0.05) is 5.54 Å². The van der Waals surface area contributed by atoms with Gasteiger partial charge in [0.1, 0.15) is 5.75 Å². The van der Waals surface area contributed by atoms with Gasteiger partial charge in [-0.05, 0) is 46.2 Å². The number of ether oxygens (including phenoxy) is 1. The Kier molecular flexibility index (Phi) is 4.76. The molecule has 1 rings (SSSR count). The van der Waals surface area contributed by atoms with Gasteiger partial charge < -0.3 is 10.1 Å². The van der Waals surface area contributed by atoms with Crippen molar-refractivity contribution in [3.63, 3.8) is 0 Å². The number of benzene rings is 1. The molecule has 0 unspecified atom stereocenters. The predicted octanol–water partition coefficient (Wildman–Crippen LogP) is 3.07. The maximum absolute atomic E-state index is 12.0. The maximum Gasteiger partial charge on any atom is 0.261 e. The highest BCUT2D eigenvalue weighted by atomic mass is 16.5. The third kappa shape index (κ3) is 4.78. The molecular formula is C15H23NO2. The van der Waals surface area contributed by atoms with Gasteiger partial charge in [-0.1, -0.05) is 24.6 Å². The van der Waals surface area contributed by atoms with E-state index < -0.39 is 6.10 Å². The Balaban J connectivity index is 2.67. The van der Waals surface area contributed by atoms with Crippen molar-refractivity contribution in [2.24, 2.45) is 0 Å². The maximum atomic E-state index is 12.0. The van der Waals surface area contributed by atoms with E-state index in [0.29, 0.717) is 6.42 Å². The lowest BCUT2D eigenvalue weighted by atomic mass is 10.1. The normalized spacial score (nSPS) is 12.9. The quantitative estimate of drug-likeness (QED) is 0.890. The van der Waals surface area contributed by atoms with Crippen molar-refractivity contribution in [1.29, 1.82) is 0 Å². The van der Waals surface area contributed by atoms with Crippen molar-refractivity contribution in [1.82, 2.24) is 5.32 Å². The van der Waals surface area contributed by atoms with Crippen LogP contribution in [0.3, 0.4) is 0 Å². The summed E-state index contributed by atoms with van der Waals surface area (Å²) in [4.78, 5) is 12.0. The standard InChI is InChI=1S/C15H23NO2/c1-6-13(14(17)16-15(3,4)5)18-12-9-7-11(2)8-10-12/h7-10,13H,6H2,1-5H3,(H,16,17)/t13-/m1/s1. The second-order valence-electron chi connectivity index (χ2n) is 5.57. The topological polar surface area (TPSA) is 38.3 Å². The number of carbonyl (C=O) groups excluding carboxylic acids is 1. The van der Waals surface area contributed by atoms with Crippen LogP contribution in [0.15, 0.2) is 24.3 Å². The van der Waals surface area contributed by atoms with Gasteiger partial charge in [-0.2, -0.15) is 0 Å². The molecule has 1 aromatic rings. The largest absolute Gasteiger partial charge is 0.481 e. The molecule has 18 heavy (non-hydrogen) atoms. The highest BCUT2D eigenvalue weighted by molar-refractivity contribution is 5.81. The summed E-state index contributed by atoms with van der Waals surface area (Å²) in [5.41, 5.74) is 0.941. The number of nitrogens with one attached hydrogen (secondary N) is 1. The molecule has 1 N–H and O–H groups in total. The van der Waals surface area contributed by atoms with Crippen LogP contribution in [0.1, 0.15) is 39.7 Å². The summed E-state index contributed by atoms with van der Waals surface area (Å²) < 4.78 is 5.71. The molecule has 0 spiro atoms. The van der Waals surface area contributed by atoms with E-state index in [9.17, 15) is 4.79 Å². The molecule has 3 nitrogen and oxygen atoms in total. The number of aryl methyl sites for hydroxylation is 1. The van der Waals surface area contributed by atoms with Crippen LogP contribution in [0.5, 0.6) is 5.75 Å². The van der Waals surface area contributed by atoms with Crippen molar-refractivity contribution < 1.29 is 9.53 Å². The van der Waals surface area contributed by atoms with E-state index in [1.54, 1.807) is 0 Å². The molecule has 3 heteroatoms. The second kappa shape index (κ2) is 5.89. The monoisotopic (exact) mass is 249 g/mol. The van der Waals surface area contributed by atoms with E-state index in [1.807, 2.05) is 58.9 Å². The van der Waals surface area contributed by atoms with Gasteiger partial charge in [0.2, 0.25) is 0 Å². The lowest BCUT2D eigenvalue weighted by molar-refractivity contribution is -0.129. The highest BCUT2D eigenvalue weighted by Crippen LogP contribution is 2.15. The molecule has 1 aromatic carbocycles. The molecule has 0 aliphatic heterocycles. The number of hydrogen-bond acceptors (Lipinski definition) is 2. The van der Waals surface area contributed by atoms with Gasteiger partial charge in [0.05, 0.1) is 0 Å². The van der Waals surface area contributed by atoms with E-state index in [2.05, 4.69) is 5.32 Å². The molecule has 100 valence electrons. The van der Waals surface area contributed by atoms with E-state index in [0.717, 1.165) is 5.75 Å². The average molecular weight is 249 g/mol. The number of rotatable bonds is 4. The summed E-state index contributed by atoms with van der Waals surface area (Å²) in [7, 11) is 0. The Morgan fingerprint density at radius 2 is 1.83 bits per heavy atom. The second-order valence-corrected chi connectivity index (χ2v) is 5.57. The van der Waals surface area contributed by atoms with Gasteiger partial charge in [0.15, 0.2) is 6.10 Å². The molecule has 0 fully saturated rings. The van der Waals surface area contributed by atoms with Crippen molar-refractivity contribution in [2.45, 2.75) is 52.7 Å². The minimum atomic E-state index is -0.438. The first-order valence-electron chi connectivity index (χ1n) is 6.37. The Bertz CT molecular complexity index is 390. The van der Waals surface area contributed by atoms with Crippen LogP contribution in [0.4, 0.5) is 0 Å². The Hall–Kier alpha value is -1.51. The predicted molar refractivity (Wildman–Crippen MR) is 73.8 cm³/mol. The Labute approximate surface area is 110 Å². The van der Waals surface area contributed by atoms with E-state index in [-0.39, 0.29) is 11.4 Å². The minimum absolute atomic E-state index is 0.0643. The van der Waals surface area contributed by atoms with E-state index in [4.69, 9.17) is 4.74 Å². The van der Waals surface area contributed by atoms with Crippen molar-refractivity contribution >= 4 is 5.91 Å². The van der Waals surface area contributed by atoms with Gasteiger partial charge in [-0.3, -0.25) is 4.79 Å². The number of carbonyl (C=O) groups is 1. The first kappa shape index (κ1) is 14.6. The van der Waals surface area contributed by atoms with E-state index >= 15 is 0 Å². The first-order valence-corrected chi connectivity index (χ1v) is 6.37. The zero-order valence-corrected chi connectivity index (χ0v) is 11.9. The summed E-state index contributed by atoms with van der Waals surface area (Å²) in [6.45, 7) is 9.85. The summed E-state index contributed by atoms with van der Waals surface area (Å²) in [5.74, 6) is 0.669. The Morgan fingerprint density at radius 1 is 1.28 bits per heavy atom. The summed E-state index contributed by atoms with van der Waals surface area (Å²) in [5, 5.41) is 2.94. The smallest absolute Gasteiger partial charge is 0.261 e. The molecule has 0 saturated carbocycles. The van der Waals surface area contributed by atoms with Crippen molar-refractivity contribution in [3.05, 3.63) is 29.8 Å². The van der Waals surface area contributed by atoms with E-state index in [1.165, 1.54) is 5.56 Å².